The summed E-state index contributed by atoms with van der Waals surface area (Å²) >= 11 is 7.33. The molecule has 0 spiro atoms. The van der Waals surface area contributed by atoms with Gasteiger partial charge in [0.25, 0.3) is 0 Å². The summed E-state index contributed by atoms with van der Waals surface area (Å²) < 4.78 is 7.51. The molecule has 1 atom stereocenters. The van der Waals surface area contributed by atoms with Crippen LogP contribution in [0.15, 0.2) is 29.4 Å². The van der Waals surface area contributed by atoms with Crippen LogP contribution in [0.5, 0.6) is 0 Å². The Balaban J connectivity index is 1.58. The monoisotopic (exact) mass is 380 g/mol. The molecule has 1 N–H and O–H groups in total. The quantitative estimate of drug-likeness (QED) is 0.748. The van der Waals surface area contributed by atoms with Crippen molar-refractivity contribution in [3.05, 3.63) is 29.3 Å². The van der Waals surface area contributed by atoms with E-state index in [1.165, 1.54) is 11.8 Å². The molecule has 0 aliphatic carbocycles. The second-order valence-electron chi connectivity index (χ2n) is 5.79. The van der Waals surface area contributed by atoms with Crippen molar-refractivity contribution in [2.24, 2.45) is 0 Å². The molecular formula is C17H21ClN4O2S. The fraction of sp³-hybridized carbons (Fsp3) is 0.471. The molecule has 6 nitrogen and oxygen atoms in total. The van der Waals surface area contributed by atoms with Crippen molar-refractivity contribution >= 4 is 29.3 Å². The van der Waals surface area contributed by atoms with E-state index < -0.39 is 0 Å². The Hall–Kier alpha value is -1.57. The average Bonchev–Trinajstić information content (AvgIpc) is 3.28. The first-order valence-electron chi connectivity index (χ1n) is 8.37. The van der Waals surface area contributed by atoms with E-state index in [0.29, 0.717) is 17.3 Å². The van der Waals surface area contributed by atoms with Gasteiger partial charge in [0, 0.05) is 30.3 Å². The van der Waals surface area contributed by atoms with Crippen LogP contribution in [0.1, 0.15) is 19.8 Å². The topological polar surface area (TPSA) is 69.0 Å². The highest BCUT2D eigenvalue weighted by molar-refractivity contribution is 7.99. The van der Waals surface area contributed by atoms with Crippen LogP contribution in [0.25, 0.3) is 11.4 Å². The number of aromatic nitrogens is 3. The van der Waals surface area contributed by atoms with Crippen LogP contribution in [-0.2, 0) is 16.1 Å². The van der Waals surface area contributed by atoms with Crippen molar-refractivity contribution < 1.29 is 9.53 Å². The van der Waals surface area contributed by atoms with E-state index in [0.717, 1.165) is 42.5 Å². The first kappa shape index (κ1) is 18.2. The predicted molar refractivity (Wildman–Crippen MR) is 98.8 cm³/mol. The van der Waals surface area contributed by atoms with Crippen molar-refractivity contribution in [1.29, 1.82) is 0 Å². The molecule has 1 aliphatic heterocycles. The Morgan fingerprint density at radius 1 is 1.40 bits per heavy atom. The molecule has 2 heterocycles. The molecule has 1 saturated heterocycles. The lowest BCUT2D eigenvalue weighted by Crippen LogP contribution is -2.32. The number of amides is 1. The summed E-state index contributed by atoms with van der Waals surface area (Å²) in [6.07, 6.45) is 2.24. The lowest BCUT2D eigenvalue weighted by atomic mass is 10.2. The number of carbonyl (C=O) groups is 1. The third-order valence-corrected chi connectivity index (χ3v) is 5.24. The van der Waals surface area contributed by atoms with E-state index in [-0.39, 0.29) is 12.0 Å². The highest BCUT2D eigenvalue weighted by atomic mass is 35.5. The van der Waals surface area contributed by atoms with E-state index in [9.17, 15) is 4.79 Å². The maximum atomic E-state index is 12.0. The predicted octanol–water partition coefficient (Wildman–Crippen LogP) is 3.01. The summed E-state index contributed by atoms with van der Waals surface area (Å²) in [5.74, 6) is 1.08. The van der Waals surface area contributed by atoms with E-state index >= 15 is 0 Å². The van der Waals surface area contributed by atoms with E-state index in [4.69, 9.17) is 16.3 Å². The molecule has 2 aromatic rings. The van der Waals surface area contributed by atoms with Crippen LogP contribution < -0.4 is 5.32 Å². The number of thioether (sulfide) groups is 1. The Bertz CT molecular complexity index is 714. The van der Waals surface area contributed by atoms with Gasteiger partial charge in [0.15, 0.2) is 11.0 Å². The lowest BCUT2D eigenvalue weighted by Gasteiger charge is -2.11. The highest BCUT2D eigenvalue weighted by Crippen LogP contribution is 2.25. The van der Waals surface area contributed by atoms with E-state index in [1.54, 1.807) is 0 Å². The number of hydrogen-bond acceptors (Lipinski definition) is 5. The molecule has 0 bridgehead atoms. The van der Waals surface area contributed by atoms with Crippen LogP contribution in [0.2, 0.25) is 5.02 Å². The molecule has 1 fully saturated rings. The highest BCUT2D eigenvalue weighted by Gasteiger charge is 2.17. The van der Waals surface area contributed by atoms with Gasteiger partial charge in [-0.25, -0.2) is 0 Å². The van der Waals surface area contributed by atoms with Gasteiger partial charge >= 0.3 is 0 Å². The Morgan fingerprint density at radius 3 is 2.88 bits per heavy atom. The third-order valence-electron chi connectivity index (χ3n) is 4.02. The minimum absolute atomic E-state index is 0.0146. The van der Waals surface area contributed by atoms with Crippen molar-refractivity contribution in [1.82, 2.24) is 20.1 Å². The molecule has 1 aromatic carbocycles. The van der Waals surface area contributed by atoms with Gasteiger partial charge in [-0.1, -0.05) is 23.4 Å². The van der Waals surface area contributed by atoms with E-state index in [1.807, 2.05) is 35.8 Å². The SMILES string of the molecule is CCn1c(SCC(=O)NC[C@H]2CCCO2)nnc1-c1ccc(Cl)cc1. The van der Waals surface area contributed by atoms with Gasteiger partial charge in [-0.05, 0) is 44.0 Å². The van der Waals surface area contributed by atoms with Gasteiger partial charge in [0.1, 0.15) is 0 Å². The van der Waals surface area contributed by atoms with Crippen LogP contribution in [0.4, 0.5) is 0 Å². The normalized spacial score (nSPS) is 17.0. The van der Waals surface area contributed by atoms with Crippen molar-refractivity contribution in [2.45, 2.75) is 37.6 Å². The fourth-order valence-electron chi connectivity index (χ4n) is 2.71. The largest absolute Gasteiger partial charge is 0.376 e. The summed E-state index contributed by atoms with van der Waals surface area (Å²) in [5.41, 5.74) is 0.952. The molecule has 1 aromatic heterocycles. The zero-order chi connectivity index (χ0) is 17.6. The smallest absolute Gasteiger partial charge is 0.230 e. The molecule has 8 heteroatoms. The molecule has 1 amide bonds. The summed E-state index contributed by atoms with van der Waals surface area (Å²) in [6.45, 7) is 4.13. The summed E-state index contributed by atoms with van der Waals surface area (Å²) in [6, 6.07) is 7.50. The zero-order valence-electron chi connectivity index (χ0n) is 14.1. The molecule has 25 heavy (non-hydrogen) atoms. The van der Waals surface area contributed by atoms with E-state index in [2.05, 4.69) is 15.5 Å². The maximum Gasteiger partial charge on any atom is 0.230 e. The molecule has 0 unspecified atom stereocenters. The number of hydrogen-bond donors (Lipinski definition) is 1. The minimum Gasteiger partial charge on any atom is -0.376 e. The van der Waals surface area contributed by atoms with Crippen LogP contribution >= 0.6 is 23.4 Å². The number of benzene rings is 1. The average molecular weight is 381 g/mol. The molecule has 134 valence electrons. The number of nitrogens with zero attached hydrogens (tertiary/aromatic N) is 3. The second-order valence-corrected chi connectivity index (χ2v) is 7.16. The number of nitrogens with one attached hydrogen (secondary N) is 1. The summed E-state index contributed by atoms with van der Waals surface area (Å²) in [7, 11) is 0. The van der Waals surface area contributed by atoms with Gasteiger partial charge in [0.05, 0.1) is 11.9 Å². The third kappa shape index (κ3) is 4.74. The number of ether oxygens (including phenoxy) is 1. The minimum atomic E-state index is -0.0146. The summed E-state index contributed by atoms with van der Waals surface area (Å²) in [4.78, 5) is 12.0. The van der Waals surface area contributed by atoms with Gasteiger partial charge in [-0.2, -0.15) is 0 Å². The molecule has 0 radical (unpaired) electrons. The molecular weight excluding hydrogens is 360 g/mol. The zero-order valence-corrected chi connectivity index (χ0v) is 15.6. The van der Waals surface area contributed by atoms with Gasteiger partial charge < -0.3 is 14.6 Å². The molecule has 0 saturated carbocycles. The first-order valence-corrected chi connectivity index (χ1v) is 9.74. The van der Waals surface area contributed by atoms with Gasteiger partial charge in [-0.15, -0.1) is 10.2 Å². The number of halogens is 1. The second kappa shape index (κ2) is 8.69. The maximum absolute atomic E-state index is 12.0. The fourth-order valence-corrected chi connectivity index (χ4v) is 3.67. The standard InChI is InChI=1S/C17H21ClN4O2S/c1-2-22-16(12-5-7-13(18)8-6-12)20-21-17(22)25-11-15(23)19-10-14-4-3-9-24-14/h5-8,14H,2-4,9-11H2,1H3,(H,19,23)/t14-/m1/s1. The Morgan fingerprint density at radius 2 is 2.20 bits per heavy atom. The van der Waals surface area contributed by atoms with Crippen molar-refractivity contribution in [3.8, 4) is 11.4 Å². The first-order chi connectivity index (χ1) is 12.2. The van der Waals surface area contributed by atoms with Crippen LogP contribution in [0, 0.1) is 0 Å². The number of rotatable bonds is 7. The van der Waals surface area contributed by atoms with Crippen molar-refractivity contribution in [3.63, 3.8) is 0 Å². The van der Waals surface area contributed by atoms with Crippen LogP contribution in [0.3, 0.4) is 0 Å². The van der Waals surface area contributed by atoms with Gasteiger partial charge in [0.2, 0.25) is 5.91 Å². The molecule has 3 rings (SSSR count). The Kier molecular flexibility index (Phi) is 6.34. The van der Waals surface area contributed by atoms with Gasteiger partial charge in [-0.3, -0.25) is 4.79 Å². The molecule has 1 aliphatic rings. The lowest BCUT2D eigenvalue weighted by molar-refractivity contribution is -0.119. The van der Waals surface area contributed by atoms with Crippen molar-refractivity contribution in [2.75, 3.05) is 18.9 Å². The Labute approximate surface area is 156 Å². The number of carbonyl (C=O) groups excluding carboxylic acids is 1. The summed E-state index contributed by atoms with van der Waals surface area (Å²) in [5, 5.41) is 12.8. The van der Waals surface area contributed by atoms with Crippen LogP contribution in [-0.4, -0.2) is 45.7 Å².